The normalized spacial score (nSPS) is 11.1. The van der Waals surface area contributed by atoms with Crippen LogP contribution < -0.4 is 10.1 Å². The van der Waals surface area contributed by atoms with E-state index in [-0.39, 0.29) is 5.41 Å². The van der Waals surface area contributed by atoms with Crippen molar-refractivity contribution in [2.75, 3.05) is 13.2 Å². The number of nitrogens with zero attached hydrogens (tertiary/aromatic N) is 2. The van der Waals surface area contributed by atoms with Gasteiger partial charge in [-0.15, -0.1) is 0 Å². The number of nitrogens with one attached hydrogen (secondary N) is 1. The van der Waals surface area contributed by atoms with Gasteiger partial charge < -0.3 is 10.1 Å². The molecular weight excluding hydrogens is 262 g/mol. The van der Waals surface area contributed by atoms with Crippen LogP contribution in [0.5, 0.6) is 5.75 Å². The SMILES string of the molecule is CCCNCc1ccc(OCCCCC(C)(C)C#N)cn1. The van der Waals surface area contributed by atoms with E-state index in [9.17, 15) is 0 Å². The van der Waals surface area contributed by atoms with Crippen molar-refractivity contribution in [3.8, 4) is 11.8 Å². The van der Waals surface area contributed by atoms with Gasteiger partial charge >= 0.3 is 0 Å². The molecule has 116 valence electrons. The van der Waals surface area contributed by atoms with Crippen molar-refractivity contribution in [1.82, 2.24) is 10.3 Å². The van der Waals surface area contributed by atoms with E-state index >= 15 is 0 Å². The molecule has 0 aliphatic rings. The van der Waals surface area contributed by atoms with E-state index in [0.717, 1.165) is 50.2 Å². The van der Waals surface area contributed by atoms with Crippen molar-refractivity contribution in [1.29, 1.82) is 5.26 Å². The summed E-state index contributed by atoms with van der Waals surface area (Å²) in [5.41, 5.74) is 0.806. The monoisotopic (exact) mass is 289 g/mol. The Bertz CT molecular complexity index is 434. The smallest absolute Gasteiger partial charge is 0.137 e. The first-order valence-electron chi connectivity index (χ1n) is 7.77. The lowest BCUT2D eigenvalue weighted by molar-refractivity contribution is 0.294. The number of unbranched alkanes of at least 4 members (excludes halogenated alkanes) is 1. The molecule has 0 atom stereocenters. The first-order chi connectivity index (χ1) is 10.1. The van der Waals surface area contributed by atoms with Crippen molar-refractivity contribution in [3.05, 3.63) is 24.0 Å². The maximum atomic E-state index is 8.94. The lowest BCUT2D eigenvalue weighted by Crippen LogP contribution is -2.14. The lowest BCUT2D eigenvalue weighted by atomic mass is 9.89. The van der Waals surface area contributed by atoms with Crippen LogP contribution in [0.4, 0.5) is 0 Å². The van der Waals surface area contributed by atoms with Gasteiger partial charge in [-0.05, 0) is 58.2 Å². The molecule has 0 spiro atoms. The Morgan fingerprint density at radius 3 is 2.76 bits per heavy atom. The van der Waals surface area contributed by atoms with E-state index in [2.05, 4.69) is 23.3 Å². The van der Waals surface area contributed by atoms with Crippen molar-refractivity contribution in [2.24, 2.45) is 5.41 Å². The highest BCUT2D eigenvalue weighted by atomic mass is 16.5. The molecular formula is C17H27N3O. The molecule has 1 rings (SSSR count). The van der Waals surface area contributed by atoms with Crippen LogP contribution >= 0.6 is 0 Å². The minimum atomic E-state index is -0.227. The van der Waals surface area contributed by atoms with Gasteiger partial charge in [-0.25, -0.2) is 0 Å². The zero-order chi connectivity index (χ0) is 15.6. The van der Waals surface area contributed by atoms with Gasteiger partial charge in [-0.3, -0.25) is 4.98 Å². The van der Waals surface area contributed by atoms with Crippen LogP contribution in [0.25, 0.3) is 0 Å². The molecule has 1 N–H and O–H groups in total. The van der Waals surface area contributed by atoms with E-state index in [4.69, 9.17) is 10.00 Å². The summed E-state index contributed by atoms with van der Waals surface area (Å²) in [4.78, 5) is 4.37. The molecule has 0 aliphatic heterocycles. The predicted molar refractivity (Wildman–Crippen MR) is 85.0 cm³/mol. The van der Waals surface area contributed by atoms with Gasteiger partial charge in [-0.2, -0.15) is 5.26 Å². The summed E-state index contributed by atoms with van der Waals surface area (Å²) in [6.45, 7) is 8.59. The number of hydrogen-bond acceptors (Lipinski definition) is 4. The average molecular weight is 289 g/mol. The van der Waals surface area contributed by atoms with Crippen LogP contribution in [0, 0.1) is 16.7 Å². The summed E-state index contributed by atoms with van der Waals surface area (Å²) in [7, 11) is 0. The number of nitriles is 1. The second-order valence-electron chi connectivity index (χ2n) is 5.96. The molecule has 0 saturated heterocycles. The Morgan fingerprint density at radius 2 is 2.14 bits per heavy atom. The molecule has 0 aromatic carbocycles. The number of aromatic nitrogens is 1. The zero-order valence-corrected chi connectivity index (χ0v) is 13.5. The summed E-state index contributed by atoms with van der Waals surface area (Å²) in [5.74, 6) is 0.814. The Labute approximate surface area is 128 Å². The van der Waals surface area contributed by atoms with Crippen LogP contribution in [0.2, 0.25) is 0 Å². The third-order valence-electron chi connectivity index (χ3n) is 3.30. The first kappa shape index (κ1) is 17.5. The molecule has 0 radical (unpaired) electrons. The second-order valence-corrected chi connectivity index (χ2v) is 5.96. The molecule has 21 heavy (non-hydrogen) atoms. The summed E-state index contributed by atoms with van der Waals surface area (Å²) in [5, 5.41) is 12.3. The molecule has 1 aromatic heterocycles. The average Bonchev–Trinajstić information content (AvgIpc) is 2.48. The summed E-state index contributed by atoms with van der Waals surface area (Å²) in [6, 6.07) is 6.28. The fourth-order valence-electron chi connectivity index (χ4n) is 1.91. The first-order valence-corrected chi connectivity index (χ1v) is 7.77. The predicted octanol–water partition coefficient (Wildman–Crippen LogP) is 3.68. The number of pyridine rings is 1. The number of rotatable bonds is 10. The Balaban J connectivity index is 2.20. The van der Waals surface area contributed by atoms with Crippen LogP contribution in [0.1, 0.15) is 52.1 Å². The molecule has 0 saturated carbocycles. The quantitative estimate of drug-likeness (QED) is 0.668. The molecule has 4 nitrogen and oxygen atoms in total. The van der Waals surface area contributed by atoms with Crippen molar-refractivity contribution >= 4 is 0 Å². The van der Waals surface area contributed by atoms with Crippen LogP contribution in [0.15, 0.2) is 18.3 Å². The van der Waals surface area contributed by atoms with Gasteiger partial charge in [0.15, 0.2) is 0 Å². The topological polar surface area (TPSA) is 57.9 Å². The van der Waals surface area contributed by atoms with Gasteiger partial charge in [-0.1, -0.05) is 6.92 Å². The van der Waals surface area contributed by atoms with Crippen molar-refractivity contribution < 1.29 is 4.74 Å². The third-order valence-corrected chi connectivity index (χ3v) is 3.30. The molecule has 1 heterocycles. The largest absolute Gasteiger partial charge is 0.492 e. The number of hydrogen-bond donors (Lipinski definition) is 1. The Kier molecular flexibility index (Phi) is 7.78. The van der Waals surface area contributed by atoms with Gasteiger partial charge in [0.1, 0.15) is 5.75 Å². The second kappa shape index (κ2) is 9.36. The fourth-order valence-corrected chi connectivity index (χ4v) is 1.91. The highest BCUT2D eigenvalue weighted by molar-refractivity contribution is 5.19. The number of ether oxygens (including phenoxy) is 1. The standard InChI is InChI=1S/C17H27N3O/c1-4-10-19-12-15-7-8-16(13-20-15)21-11-6-5-9-17(2,3)14-18/h7-8,13,19H,4-6,9-12H2,1-3H3. The Hall–Kier alpha value is -1.60. The van der Waals surface area contributed by atoms with Gasteiger partial charge in [0.2, 0.25) is 0 Å². The van der Waals surface area contributed by atoms with E-state index in [1.165, 1.54) is 0 Å². The van der Waals surface area contributed by atoms with E-state index in [1.54, 1.807) is 6.20 Å². The summed E-state index contributed by atoms with van der Waals surface area (Å²) >= 11 is 0. The zero-order valence-electron chi connectivity index (χ0n) is 13.5. The Morgan fingerprint density at radius 1 is 1.33 bits per heavy atom. The van der Waals surface area contributed by atoms with Crippen LogP contribution in [0.3, 0.4) is 0 Å². The summed E-state index contributed by atoms with van der Waals surface area (Å²) < 4.78 is 5.67. The molecule has 0 aliphatic carbocycles. The van der Waals surface area contributed by atoms with E-state index in [1.807, 2.05) is 26.0 Å². The molecule has 0 fully saturated rings. The molecule has 0 bridgehead atoms. The van der Waals surface area contributed by atoms with Gasteiger partial charge in [0.05, 0.1) is 30.0 Å². The maximum Gasteiger partial charge on any atom is 0.137 e. The minimum Gasteiger partial charge on any atom is -0.492 e. The van der Waals surface area contributed by atoms with Crippen LogP contribution in [-0.2, 0) is 6.54 Å². The molecule has 0 unspecified atom stereocenters. The van der Waals surface area contributed by atoms with Crippen molar-refractivity contribution in [2.45, 2.75) is 53.0 Å². The van der Waals surface area contributed by atoms with Gasteiger partial charge in [0.25, 0.3) is 0 Å². The van der Waals surface area contributed by atoms with Crippen molar-refractivity contribution in [3.63, 3.8) is 0 Å². The summed E-state index contributed by atoms with van der Waals surface area (Å²) in [6.07, 6.45) is 5.79. The molecule has 0 amide bonds. The van der Waals surface area contributed by atoms with Crippen LogP contribution in [-0.4, -0.2) is 18.1 Å². The van der Waals surface area contributed by atoms with E-state index in [0.29, 0.717) is 6.61 Å². The minimum absolute atomic E-state index is 0.227. The maximum absolute atomic E-state index is 8.94. The lowest BCUT2D eigenvalue weighted by Gasteiger charge is -2.14. The van der Waals surface area contributed by atoms with Gasteiger partial charge in [0, 0.05) is 6.54 Å². The third kappa shape index (κ3) is 7.67. The highest BCUT2D eigenvalue weighted by Crippen LogP contribution is 2.21. The van der Waals surface area contributed by atoms with E-state index < -0.39 is 0 Å². The highest BCUT2D eigenvalue weighted by Gasteiger charge is 2.15. The molecule has 1 aromatic rings. The molecule has 4 heteroatoms. The fraction of sp³-hybridized carbons (Fsp3) is 0.647.